The summed E-state index contributed by atoms with van der Waals surface area (Å²) in [5, 5.41) is 12.2. The predicted molar refractivity (Wildman–Crippen MR) is 77.7 cm³/mol. The van der Waals surface area contributed by atoms with Crippen molar-refractivity contribution in [3.05, 3.63) is 24.0 Å². The number of carboxylic acids is 1. The van der Waals surface area contributed by atoms with Gasteiger partial charge in [-0.25, -0.2) is 4.79 Å². The maximum atomic E-state index is 11.0. The van der Waals surface area contributed by atoms with Crippen molar-refractivity contribution in [2.75, 3.05) is 11.9 Å². The van der Waals surface area contributed by atoms with E-state index in [9.17, 15) is 4.79 Å². The van der Waals surface area contributed by atoms with Gasteiger partial charge in [-0.1, -0.05) is 45.4 Å². The normalized spacial score (nSPS) is 10.4. The number of nitrogens with one attached hydrogen (secondary N) is 1. The first-order valence-corrected chi connectivity index (χ1v) is 7.17. The van der Waals surface area contributed by atoms with Gasteiger partial charge in [0.15, 0.2) is 0 Å². The first kappa shape index (κ1) is 15.5. The monoisotopic (exact) mass is 264 g/mol. The minimum atomic E-state index is -0.913. The van der Waals surface area contributed by atoms with Crippen molar-refractivity contribution < 1.29 is 9.90 Å². The Labute approximate surface area is 115 Å². The molecule has 0 saturated heterocycles. The van der Waals surface area contributed by atoms with Gasteiger partial charge in [0.05, 0.1) is 17.4 Å². The molecule has 0 saturated carbocycles. The van der Waals surface area contributed by atoms with Crippen LogP contribution in [0, 0.1) is 0 Å². The van der Waals surface area contributed by atoms with E-state index in [-0.39, 0.29) is 5.56 Å². The van der Waals surface area contributed by atoms with Crippen LogP contribution in [0.2, 0.25) is 0 Å². The molecule has 1 aromatic rings. The second-order valence-corrected chi connectivity index (χ2v) is 4.77. The number of rotatable bonds is 10. The third-order valence-electron chi connectivity index (χ3n) is 3.15. The van der Waals surface area contributed by atoms with Gasteiger partial charge in [0.25, 0.3) is 0 Å². The van der Waals surface area contributed by atoms with E-state index in [0.717, 1.165) is 13.0 Å². The highest BCUT2D eigenvalue weighted by atomic mass is 16.4. The zero-order chi connectivity index (χ0) is 13.9. The molecule has 0 spiro atoms. The highest BCUT2D eigenvalue weighted by molar-refractivity contribution is 5.93. The third kappa shape index (κ3) is 6.22. The first-order chi connectivity index (χ1) is 9.25. The molecule has 19 heavy (non-hydrogen) atoms. The summed E-state index contributed by atoms with van der Waals surface area (Å²) in [6, 6.07) is 1.52. The van der Waals surface area contributed by atoms with E-state index in [0.29, 0.717) is 5.69 Å². The van der Waals surface area contributed by atoms with Crippen LogP contribution in [0.3, 0.4) is 0 Å². The first-order valence-electron chi connectivity index (χ1n) is 7.17. The summed E-state index contributed by atoms with van der Waals surface area (Å²) in [6.07, 6.45) is 11.8. The fourth-order valence-corrected chi connectivity index (χ4v) is 2.03. The summed E-state index contributed by atoms with van der Waals surface area (Å²) in [6.45, 7) is 3.03. The summed E-state index contributed by atoms with van der Waals surface area (Å²) in [7, 11) is 0. The average Bonchev–Trinajstić information content (AvgIpc) is 2.42. The molecule has 4 nitrogen and oxygen atoms in total. The molecule has 0 unspecified atom stereocenters. The Bertz CT molecular complexity index is 380. The number of anilines is 1. The topological polar surface area (TPSA) is 62.2 Å². The maximum absolute atomic E-state index is 11.0. The Balaban J connectivity index is 2.17. The lowest BCUT2D eigenvalue weighted by atomic mass is 10.1. The highest BCUT2D eigenvalue weighted by Gasteiger charge is 2.08. The zero-order valence-electron chi connectivity index (χ0n) is 11.7. The number of aromatic nitrogens is 1. The quantitative estimate of drug-likeness (QED) is 0.628. The molecule has 4 heteroatoms. The Morgan fingerprint density at radius 2 is 1.89 bits per heavy atom. The SMILES string of the molecule is CCCCCCCCCNc1cnccc1C(=O)O. The van der Waals surface area contributed by atoms with E-state index < -0.39 is 5.97 Å². The lowest BCUT2D eigenvalue weighted by Gasteiger charge is -2.08. The number of pyridine rings is 1. The largest absolute Gasteiger partial charge is 0.478 e. The van der Waals surface area contributed by atoms with Crippen LogP contribution in [0.15, 0.2) is 18.5 Å². The highest BCUT2D eigenvalue weighted by Crippen LogP contribution is 2.13. The van der Waals surface area contributed by atoms with E-state index in [1.54, 1.807) is 6.20 Å². The molecule has 106 valence electrons. The molecule has 0 amide bonds. The van der Waals surface area contributed by atoms with E-state index in [2.05, 4.69) is 17.2 Å². The van der Waals surface area contributed by atoms with Gasteiger partial charge >= 0.3 is 5.97 Å². The molecule has 0 aromatic carbocycles. The van der Waals surface area contributed by atoms with Crippen molar-refractivity contribution in [2.24, 2.45) is 0 Å². The number of nitrogens with zero attached hydrogens (tertiary/aromatic N) is 1. The smallest absolute Gasteiger partial charge is 0.337 e. The summed E-state index contributed by atoms with van der Waals surface area (Å²) < 4.78 is 0. The Morgan fingerprint density at radius 3 is 2.58 bits per heavy atom. The van der Waals surface area contributed by atoms with Gasteiger partial charge in [0.1, 0.15) is 0 Å². The molecule has 0 aliphatic rings. The number of hydrogen-bond donors (Lipinski definition) is 2. The number of aromatic carboxylic acids is 1. The Morgan fingerprint density at radius 1 is 1.21 bits per heavy atom. The van der Waals surface area contributed by atoms with Crippen molar-refractivity contribution >= 4 is 11.7 Å². The molecular formula is C15H24N2O2. The molecule has 1 heterocycles. The van der Waals surface area contributed by atoms with Crippen LogP contribution >= 0.6 is 0 Å². The minimum Gasteiger partial charge on any atom is -0.478 e. The van der Waals surface area contributed by atoms with Crippen molar-refractivity contribution in [3.8, 4) is 0 Å². The fraction of sp³-hybridized carbons (Fsp3) is 0.600. The Hall–Kier alpha value is -1.58. The van der Waals surface area contributed by atoms with Crippen molar-refractivity contribution in [3.63, 3.8) is 0 Å². The van der Waals surface area contributed by atoms with Gasteiger partial charge in [0, 0.05) is 12.7 Å². The van der Waals surface area contributed by atoms with E-state index in [1.165, 1.54) is 50.8 Å². The third-order valence-corrected chi connectivity index (χ3v) is 3.15. The molecule has 2 N–H and O–H groups in total. The molecule has 0 aliphatic heterocycles. The summed E-state index contributed by atoms with van der Waals surface area (Å²) in [5.41, 5.74) is 0.902. The second kappa shape index (κ2) is 9.36. The van der Waals surface area contributed by atoms with Crippen molar-refractivity contribution in [1.82, 2.24) is 4.98 Å². The van der Waals surface area contributed by atoms with Crippen LogP contribution in [-0.2, 0) is 0 Å². The standard InChI is InChI=1S/C15H24N2O2/c1-2-3-4-5-6-7-8-10-17-14-12-16-11-9-13(14)15(18)19/h9,11-12,17H,2-8,10H2,1H3,(H,18,19). The van der Waals surface area contributed by atoms with Crippen LogP contribution in [-0.4, -0.2) is 22.6 Å². The Kier molecular flexibility index (Phi) is 7.63. The van der Waals surface area contributed by atoms with Gasteiger partial charge < -0.3 is 10.4 Å². The molecule has 0 bridgehead atoms. The molecular weight excluding hydrogens is 240 g/mol. The number of hydrogen-bond acceptors (Lipinski definition) is 3. The van der Waals surface area contributed by atoms with Crippen LogP contribution < -0.4 is 5.32 Å². The lowest BCUT2D eigenvalue weighted by molar-refractivity contribution is 0.0698. The van der Waals surface area contributed by atoms with Crippen molar-refractivity contribution in [2.45, 2.75) is 51.9 Å². The zero-order valence-corrected chi connectivity index (χ0v) is 11.7. The van der Waals surface area contributed by atoms with Crippen LogP contribution in [0.1, 0.15) is 62.2 Å². The molecule has 0 atom stereocenters. The summed E-state index contributed by atoms with van der Waals surface area (Å²) >= 11 is 0. The van der Waals surface area contributed by atoms with Gasteiger partial charge in [-0.2, -0.15) is 0 Å². The van der Waals surface area contributed by atoms with Gasteiger partial charge in [-0.05, 0) is 12.5 Å². The molecule has 0 fully saturated rings. The fourth-order valence-electron chi connectivity index (χ4n) is 2.03. The van der Waals surface area contributed by atoms with Crippen LogP contribution in [0.5, 0.6) is 0 Å². The number of unbranched alkanes of at least 4 members (excludes halogenated alkanes) is 6. The van der Waals surface area contributed by atoms with Crippen LogP contribution in [0.25, 0.3) is 0 Å². The average molecular weight is 264 g/mol. The van der Waals surface area contributed by atoms with E-state index >= 15 is 0 Å². The van der Waals surface area contributed by atoms with Gasteiger partial charge in [-0.3, -0.25) is 4.98 Å². The molecule has 0 aliphatic carbocycles. The maximum Gasteiger partial charge on any atom is 0.337 e. The van der Waals surface area contributed by atoms with Crippen LogP contribution in [0.4, 0.5) is 5.69 Å². The predicted octanol–water partition coefficient (Wildman–Crippen LogP) is 3.94. The van der Waals surface area contributed by atoms with Gasteiger partial charge in [-0.15, -0.1) is 0 Å². The number of carbonyl (C=O) groups is 1. The molecule has 1 rings (SSSR count). The second-order valence-electron chi connectivity index (χ2n) is 4.77. The van der Waals surface area contributed by atoms with Gasteiger partial charge in [0.2, 0.25) is 0 Å². The minimum absolute atomic E-state index is 0.290. The molecule has 1 aromatic heterocycles. The van der Waals surface area contributed by atoms with E-state index in [4.69, 9.17) is 5.11 Å². The van der Waals surface area contributed by atoms with E-state index in [1.807, 2.05) is 0 Å². The lowest BCUT2D eigenvalue weighted by Crippen LogP contribution is -2.08. The summed E-state index contributed by atoms with van der Waals surface area (Å²) in [5.74, 6) is -0.913. The summed E-state index contributed by atoms with van der Waals surface area (Å²) in [4.78, 5) is 14.9. The van der Waals surface area contributed by atoms with Crippen molar-refractivity contribution in [1.29, 1.82) is 0 Å². The molecule has 0 radical (unpaired) electrons. The number of carboxylic acid groups (broad SMARTS) is 1.